The molecule has 0 bridgehead atoms. The zero-order valence-electron chi connectivity index (χ0n) is 15.5. The number of hydrogen-bond acceptors (Lipinski definition) is 5. The fraction of sp³-hybridized carbons (Fsp3) is 0.143. The third-order valence-corrected chi connectivity index (χ3v) is 5.09. The SMILES string of the molecule is CC1(C)C(=O)Nc2cc(Nc3ncc4ccc(-c5ccccn5)n4n3)ccc21. The molecule has 3 aromatic heterocycles. The lowest BCUT2D eigenvalue weighted by atomic mass is 9.86. The van der Waals surface area contributed by atoms with Crippen LogP contribution in [0.4, 0.5) is 17.3 Å². The second-order valence-corrected chi connectivity index (χ2v) is 7.32. The predicted molar refractivity (Wildman–Crippen MR) is 108 cm³/mol. The maximum Gasteiger partial charge on any atom is 0.245 e. The predicted octanol–water partition coefficient (Wildman–Crippen LogP) is 3.76. The zero-order valence-corrected chi connectivity index (χ0v) is 15.5. The van der Waals surface area contributed by atoms with E-state index >= 15 is 0 Å². The van der Waals surface area contributed by atoms with Crippen LogP contribution in [0.2, 0.25) is 0 Å². The average molecular weight is 370 g/mol. The Bertz CT molecular complexity index is 1210. The fourth-order valence-corrected chi connectivity index (χ4v) is 3.47. The van der Waals surface area contributed by atoms with Crippen LogP contribution >= 0.6 is 0 Å². The summed E-state index contributed by atoms with van der Waals surface area (Å²) in [5.74, 6) is 0.467. The van der Waals surface area contributed by atoms with Crippen LogP contribution in [-0.2, 0) is 10.2 Å². The van der Waals surface area contributed by atoms with Crippen molar-refractivity contribution >= 4 is 28.7 Å². The molecule has 0 aliphatic carbocycles. The molecule has 1 aliphatic rings. The molecule has 7 heteroatoms. The molecule has 4 heterocycles. The van der Waals surface area contributed by atoms with E-state index < -0.39 is 5.41 Å². The number of carbonyl (C=O) groups is 1. The largest absolute Gasteiger partial charge is 0.325 e. The Kier molecular flexibility index (Phi) is 3.45. The quantitative estimate of drug-likeness (QED) is 0.574. The second kappa shape index (κ2) is 5.88. The van der Waals surface area contributed by atoms with E-state index in [1.54, 1.807) is 12.4 Å². The number of pyridine rings is 1. The highest BCUT2D eigenvalue weighted by atomic mass is 16.2. The molecule has 0 saturated heterocycles. The number of nitrogens with one attached hydrogen (secondary N) is 2. The van der Waals surface area contributed by atoms with Crippen molar-refractivity contribution in [2.24, 2.45) is 0 Å². The van der Waals surface area contributed by atoms with Gasteiger partial charge in [0.15, 0.2) is 0 Å². The minimum Gasteiger partial charge on any atom is -0.325 e. The fourth-order valence-electron chi connectivity index (χ4n) is 3.47. The van der Waals surface area contributed by atoms with Gasteiger partial charge in [0.1, 0.15) is 0 Å². The van der Waals surface area contributed by atoms with Crippen molar-refractivity contribution in [2.45, 2.75) is 19.3 Å². The number of carbonyl (C=O) groups excluding carboxylic acids is 1. The van der Waals surface area contributed by atoms with Gasteiger partial charge in [0.2, 0.25) is 11.9 Å². The van der Waals surface area contributed by atoms with Gasteiger partial charge < -0.3 is 10.6 Å². The highest BCUT2D eigenvalue weighted by Gasteiger charge is 2.38. The van der Waals surface area contributed by atoms with E-state index in [9.17, 15) is 4.79 Å². The molecule has 1 amide bonds. The van der Waals surface area contributed by atoms with Crippen molar-refractivity contribution in [1.82, 2.24) is 19.6 Å². The molecular formula is C21H18N6O. The van der Waals surface area contributed by atoms with Crippen molar-refractivity contribution < 1.29 is 4.79 Å². The molecule has 0 saturated carbocycles. The first-order chi connectivity index (χ1) is 13.5. The highest BCUT2D eigenvalue weighted by molar-refractivity contribution is 6.06. The van der Waals surface area contributed by atoms with Crippen LogP contribution in [0.25, 0.3) is 16.9 Å². The van der Waals surface area contributed by atoms with E-state index in [1.165, 1.54) is 0 Å². The Labute approximate surface area is 161 Å². The Balaban J connectivity index is 1.50. The summed E-state index contributed by atoms with van der Waals surface area (Å²) in [6.07, 6.45) is 3.52. The Morgan fingerprint density at radius 1 is 1.07 bits per heavy atom. The molecule has 1 aromatic carbocycles. The van der Waals surface area contributed by atoms with Crippen LogP contribution < -0.4 is 10.6 Å². The monoisotopic (exact) mass is 370 g/mol. The molecule has 28 heavy (non-hydrogen) atoms. The van der Waals surface area contributed by atoms with Gasteiger partial charge in [-0.05, 0) is 55.8 Å². The molecule has 0 unspecified atom stereocenters. The van der Waals surface area contributed by atoms with E-state index in [0.717, 1.165) is 33.8 Å². The first-order valence-corrected chi connectivity index (χ1v) is 9.01. The van der Waals surface area contributed by atoms with Gasteiger partial charge in [0, 0.05) is 17.6 Å². The van der Waals surface area contributed by atoms with E-state index in [1.807, 2.05) is 66.9 Å². The number of aromatic nitrogens is 4. The third kappa shape index (κ3) is 2.51. The van der Waals surface area contributed by atoms with Gasteiger partial charge in [0.05, 0.1) is 28.5 Å². The number of anilines is 3. The molecule has 0 radical (unpaired) electrons. The molecule has 0 fully saturated rings. The van der Waals surface area contributed by atoms with E-state index in [2.05, 4.69) is 25.7 Å². The van der Waals surface area contributed by atoms with Crippen molar-refractivity contribution in [3.8, 4) is 11.4 Å². The zero-order chi connectivity index (χ0) is 19.3. The minimum atomic E-state index is -0.522. The lowest BCUT2D eigenvalue weighted by Crippen LogP contribution is -2.26. The van der Waals surface area contributed by atoms with E-state index in [4.69, 9.17) is 0 Å². The van der Waals surface area contributed by atoms with Crippen LogP contribution in [0.3, 0.4) is 0 Å². The molecule has 7 nitrogen and oxygen atoms in total. The Morgan fingerprint density at radius 3 is 2.79 bits per heavy atom. The number of benzene rings is 1. The maximum absolute atomic E-state index is 12.1. The van der Waals surface area contributed by atoms with Crippen LogP contribution in [-0.4, -0.2) is 25.5 Å². The normalized spacial score (nSPS) is 14.7. The summed E-state index contributed by atoms with van der Waals surface area (Å²) in [5.41, 5.74) is 4.71. The number of rotatable bonds is 3. The van der Waals surface area contributed by atoms with Crippen molar-refractivity contribution in [1.29, 1.82) is 0 Å². The van der Waals surface area contributed by atoms with Crippen molar-refractivity contribution in [2.75, 3.05) is 10.6 Å². The molecule has 1 aliphatic heterocycles. The first kappa shape index (κ1) is 16.4. The smallest absolute Gasteiger partial charge is 0.245 e. The van der Waals surface area contributed by atoms with Crippen LogP contribution in [0, 0.1) is 0 Å². The number of hydrogen-bond donors (Lipinski definition) is 2. The number of nitrogens with zero attached hydrogens (tertiary/aromatic N) is 4. The minimum absolute atomic E-state index is 0.00432. The summed E-state index contributed by atoms with van der Waals surface area (Å²) in [6.45, 7) is 3.84. The molecule has 2 N–H and O–H groups in total. The molecule has 5 rings (SSSR count). The average Bonchev–Trinajstić information content (AvgIpc) is 3.21. The summed E-state index contributed by atoms with van der Waals surface area (Å²) in [5, 5.41) is 10.8. The van der Waals surface area contributed by atoms with E-state index in [-0.39, 0.29) is 5.91 Å². The van der Waals surface area contributed by atoms with Gasteiger partial charge in [-0.25, -0.2) is 9.50 Å². The Morgan fingerprint density at radius 2 is 1.96 bits per heavy atom. The summed E-state index contributed by atoms with van der Waals surface area (Å²) >= 11 is 0. The van der Waals surface area contributed by atoms with Crippen LogP contribution in [0.1, 0.15) is 19.4 Å². The van der Waals surface area contributed by atoms with Crippen molar-refractivity contribution in [3.05, 3.63) is 66.5 Å². The topological polar surface area (TPSA) is 84.2 Å². The van der Waals surface area contributed by atoms with Crippen LogP contribution in [0.15, 0.2) is 60.9 Å². The van der Waals surface area contributed by atoms with Gasteiger partial charge in [0.25, 0.3) is 0 Å². The van der Waals surface area contributed by atoms with Gasteiger partial charge in [-0.1, -0.05) is 12.1 Å². The molecule has 0 spiro atoms. The Hall–Kier alpha value is -3.74. The maximum atomic E-state index is 12.1. The summed E-state index contributed by atoms with van der Waals surface area (Å²) in [6, 6.07) is 15.5. The summed E-state index contributed by atoms with van der Waals surface area (Å²) in [4.78, 5) is 20.9. The molecule has 0 atom stereocenters. The van der Waals surface area contributed by atoms with Crippen molar-refractivity contribution in [3.63, 3.8) is 0 Å². The van der Waals surface area contributed by atoms with Gasteiger partial charge in [-0.15, -0.1) is 5.10 Å². The lowest BCUT2D eigenvalue weighted by molar-refractivity contribution is -0.119. The van der Waals surface area contributed by atoms with Gasteiger partial charge in [-0.3, -0.25) is 9.78 Å². The second-order valence-electron chi connectivity index (χ2n) is 7.32. The molecular weight excluding hydrogens is 352 g/mol. The summed E-state index contributed by atoms with van der Waals surface area (Å²) < 4.78 is 1.82. The molecule has 138 valence electrons. The van der Waals surface area contributed by atoms with Gasteiger partial charge in [-0.2, -0.15) is 0 Å². The summed E-state index contributed by atoms with van der Waals surface area (Å²) in [7, 11) is 0. The third-order valence-electron chi connectivity index (χ3n) is 5.09. The van der Waals surface area contributed by atoms with E-state index in [0.29, 0.717) is 5.95 Å². The van der Waals surface area contributed by atoms with Gasteiger partial charge >= 0.3 is 0 Å². The highest BCUT2D eigenvalue weighted by Crippen LogP contribution is 2.38. The first-order valence-electron chi connectivity index (χ1n) is 9.01. The van der Waals surface area contributed by atoms with Crippen LogP contribution in [0.5, 0.6) is 0 Å². The lowest BCUT2D eigenvalue weighted by Gasteiger charge is -2.15. The molecule has 4 aromatic rings. The number of amides is 1. The number of fused-ring (bicyclic) bond motifs is 2. The standard InChI is InChI=1S/C21H18N6O/c1-21(2)15-8-6-13(11-17(15)25-19(21)28)24-20-23-12-14-7-9-18(27(14)26-20)16-5-3-4-10-22-16/h3-12H,1-2H3,(H,24,26)(H,25,28).